The summed E-state index contributed by atoms with van der Waals surface area (Å²) in [7, 11) is -1.36. The number of rotatable bonds is 3. The lowest BCUT2D eigenvalue weighted by Crippen LogP contribution is -2.29. The van der Waals surface area contributed by atoms with Gasteiger partial charge < -0.3 is 0 Å². The van der Waals surface area contributed by atoms with Crippen LogP contribution in [-0.2, 0) is 0 Å². The predicted molar refractivity (Wildman–Crippen MR) is 76.7 cm³/mol. The molecule has 2 rings (SSSR count). The Bertz CT molecular complexity index is 579. The first-order valence-corrected chi connectivity index (χ1v) is 9.23. The molecule has 0 aromatic carbocycles. The molecule has 94 valence electrons. The predicted octanol–water partition coefficient (Wildman–Crippen LogP) is 2.78. The van der Waals surface area contributed by atoms with Gasteiger partial charge in [-0.2, -0.15) is 0 Å². The highest BCUT2D eigenvalue weighted by atomic mass is 28.3. The van der Waals surface area contributed by atoms with Crippen LogP contribution in [-0.4, -0.2) is 18.0 Å². The van der Waals surface area contributed by atoms with Crippen LogP contribution in [0.5, 0.6) is 0 Å². The molecule has 0 amide bonds. The SMILES string of the molecule is CC[Si](C#Cc1cnc2[nH+]c[nH]c2c1)(CC)CC. The molecule has 0 fully saturated rings. The molecule has 0 unspecified atom stereocenters. The van der Waals surface area contributed by atoms with E-state index in [0.717, 1.165) is 16.7 Å². The number of H-pyrrole nitrogens is 2. The minimum Gasteiger partial charge on any atom is -0.274 e. The highest BCUT2D eigenvalue weighted by molar-refractivity contribution is 6.87. The number of pyridine rings is 1. The van der Waals surface area contributed by atoms with Crippen molar-refractivity contribution in [3.8, 4) is 11.5 Å². The van der Waals surface area contributed by atoms with Crippen molar-refractivity contribution in [2.24, 2.45) is 0 Å². The van der Waals surface area contributed by atoms with Crippen molar-refractivity contribution >= 4 is 19.2 Å². The van der Waals surface area contributed by atoms with Crippen LogP contribution in [0.15, 0.2) is 18.6 Å². The number of aromatic nitrogens is 3. The van der Waals surface area contributed by atoms with Crippen LogP contribution in [0.3, 0.4) is 0 Å². The fraction of sp³-hybridized carbons (Fsp3) is 0.429. The quantitative estimate of drug-likeness (QED) is 0.667. The summed E-state index contributed by atoms with van der Waals surface area (Å²) in [6.07, 6.45) is 3.64. The number of nitrogens with one attached hydrogen (secondary N) is 2. The maximum absolute atomic E-state index is 4.35. The number of hydrogen-bond donors (Lipinski definition) is 1. The van der Waals surface area contributed by atoms with Crippen LogP contribution >= 0.6 is 0 Å². The highest BCUT2D eigenvalue weighted by Crippen LogP contribution is 2.19. The van der Waals surface area contributed by atoms with Crippen LogP contribution < -0.4 is 4.98 Å². The van der Waals surface area contributed by atoms with Gasteiger partial charge in [-0.25, -0.2) is 4.98 Å². The van der Waals surface area contributed by atoms with E-state index in [1.54, 1.807) is 6.33 Å². The van der Waals surface area contributed by atoms with Crippen molar-refractivity contribution in [3.05, 3.63) is 24.2 Å². The topological polar surface area (TPSA) is 42.8 Å². The van der Waals surface area contributed by atoms with Gasteiger partial charge in [0.15, 0.2) is 11.8 Å². The van der Waals surface area contributed by atoms with E-state index in [0.29, 0.717) is 0 Å². The lowest BCUT2D eigenvalue weighted by molar-refractivity contribution is -0.347. The fourth-order valence-electron chi connectivity index (χ4n) is 2.16. The number of imidazole rings is 1. The maximum atomic E-state index is 4.35. The summed E-state index contributed by atoms with van der Waals surface area (Å²) in [6.45, 7) is 6.82. The summed E-state index contributed by atoms with van der Waals surface area (Å²) in [5.74, 6) is 3.34. The molecule has 18 heavy (non-hydrogen) atoms. The lowest BCUT2D eigenvalue weighted by Gasteiger charge is -2.19. The number of fused-ring (bicyclic) bond motifs is 1. The van der Waals surface area contributed by atoms with Crippen LogP contribution in [0.2, 0.25) is 18.1 Å². The van der Waals surface area contributed by atoms with E-state index < -0.39 is 8.07 Å². The third-order valence-corrected chi connectivity index (χ3v) is 8.54. The zero-order chi connectivity index (χ0) is 13.0. The average molecular weight is 258 g/mol. The second kappa shape index (κ2) is 5.36. The zero-order valence-electron chi connectivity index (χ0n) is 11.3. The first-order chi connectivity index (χ1) is 8.73. The van der Waals surface area contributed by atoms with Crippen LogP contribution in [0.1, 0.15) is 26.3 Å². The Kier molecular flexibility index (Phi) is 3.83. The molecular formula is C14H20N3Si+. The van der Waals surface area contributed by atoms with Gasteiger partial charge in [-0.3, -0.25) is 4.98 Å². The molecular weight excluding hydrogens is 238 g/mol. The van der Waals surface area contributed by atoms with E-state index in [1.807, 2.05) is 6.20 Å². The number of aromatic amines is 2. The maximum Gasteiger partial charge on any atom is 0.299 e. The molecule has 0 bridgehead atoms. The Hall–Kier alpha value is -1.60. The Balaban J connectivity index is 2.33. The summed E-state index contributed by atoms with van der Waals surface area (Å²) < 4.78 is 0. The highest BCUT2D eigenvalue weighted by Gasteiger charge is 2.24. The zero-order valence-corrected chi connectivity index (χ0v) is 12.3. The first-order valence-electron chi connectivity index (χ1n) is 6.61. The van der Waals surface area contributed by atoms with Crippen LogP contribution in [0, 0.1) is 11.5 Å². The van der Waals surface area contributed by atoms with E-state index in [2.05, 4.69) is 53.3 Å². The Morgan fingerprint density at radius 2 is 2.00 bits per heavy atom. The van der Waals surface area contributed by atoms with Gasteiger partial charge >= 0.3 is 0 Å². The Labute approximate surface area is 109 Å². The summed E-state index contributed by atoms with van der Waals surface area (Å²) in [5.41, 5.74) is 6.48. The van der Waals surface area contributed by atoms with Crippen molar-refractivity contribution in [2.45, 2.75) is 38.9 Å². The van der Waals surface area contributed by atoms with Gasteiger partial charge in [0, 0.05) is 6.07 Å². The second-order valence-electron chi connectivity index (χ2n) is 4.64. The monoisotopic (exact) mass is 258 g/mol. The van der Waals surface area contributed by atoms with Gasteiger partial charge in [0.25, 0.3) is 5.65 Å². The van der Waals surface area contributed by atoms with Gasteiger partial charge in [-0.15, -0.1) is 10.5 Å². The molecule has 0 aliphatic heterocycles. The van der Waals surface area contributed by atoms with Crippen LogP contribution in [0.25, 0.3) is 11.2 Å². The molecule has 0 atom stereocenters. The average Bonchev–Trinajstić information content (AvgIpc) is 2.88. The van der Waals surface area contributed by atoms with E-state index in [9.17, 15) is 0 Å². The lowest BCUT2D eigenvalue weighted by atomic mass is 10.3. The molecule has 2 aromatic heterocycles. The number of hydrogen-bond acceptors (Lipinski definition) is 1. The smallest absolute Gasteiger partial charge is 0.274 e. The minimum atomic E-state index is -1.36. The van der Waals surface area contributed by atoms with Gasteiger partial charge in [0.05, 0.1) is 5.56 Å². The largest absolute Gasteiger partial charge is 0.299 e. The second-order valence-corrected chi connectivity index (χ2v) is 9.58. The van der Waals surface area contributed by atoms with Gasteiger partial charge in [-0.1, -0.05) is 26.7 Å². The van der Waals surface area contributed by atoms with Crippen LogP contribution in [0.4, 0.5) is 0 Å². The van der Waals surface area contributed by atoms with E-state index in [-0.39, 0.29) is 0 Å². The Morgan fingerprint density at radius 1 is 1.28 bits per heavy atom. The molecule has 0 radical (unpaired) electrons. The summed E-state index contributed by atoms with van der Waals surface area (Å²) in [6, 6.07) is 5.77. The standard InChI is InChI=1S/C14H19N3Si/c1-4-18(5-2,6-3)8-7-12-9-13-14(15-10-12)17-11-16-13/h9-11H,4-6H2,1-3H3,(H,15,16,17)/p+1. The molecule has 2 aromatic rings. The first kappa shape index (κ1) is 12.8. The molecule has 0 spiro atoms. The molecule has 4 heteroatoms. The third kappa shape index (κ3) is 2.46. The van der Waals surface area contributed by atoms with Gasteiger partial charge in [-0.05, 0) is 18.1 Å². The molecule has 0 aliphatic rings. The van der Waals surface area contributed by atoms with Crippen molar-refractivity contribution in [1.29, 1.82) is 0 Å². The van der Waals surface area contributed by atoms with Crippen molar-refractivity contribution in [3.63, 3.8) is 0 Å². The van der Waals surface area contributed by atoms with Crippen molar-refractivity contribution in [2.75, 3.05) is 0 Å². The molecule has 3 nitrogen and oxygen atoms in total. The molecule has 0 saturated heterocycles. The molecule has 0 aliphatic carbocycles. The van der Waals surface area contributed by atoms with Gasteiger partial charge in [0.1, 0.15) is 14.3 Å². The summed E-state index contributed by atoms with van der Waals surface area (Å²) in [4.78, 5) is 10.5. The van der Waals surface area contributed by atoms with E-state index >= 15 is 0 Å². The van der Waals surface area contributed by atoms with Crippen molar-refractivity contribution < 1.29 is 4.98 Å². The molecule has 2 N–H and O–H groups in total. The van der Waals surface area contributed by atoms with E-state index in [1.165, 1.54) is 18.1 Å². The third-order valence-electron chi connectivity index (χ3n) is 3.83. The summed E-state index contributed by atoms with van der Waals surface area (Å²) >= 11 is 0. The fourth-order valence-corrected chi connectivity index (χ4v) is 4.60. The summed E-state index contributed by atoms with van der Waals surface area (Å²) in [5, 5.41) is 0. The Morgan fingerprint density at radius 3 is 2.67 bits per heavy atom. The van der Waals surface area contributed by atoms with Crippen molar-refractivity contribution in [1.82, 2.24) is 9.97 Å². The minimum absolute atomic E-state index is 0.880. The normalized spacial score (nSPS) is 11.3. The molecule has 0 saturated carbocycles. The van der Waals surface area contributed by atoms with Gasteiger partial charge in [0.2, 0.25) is 0 Å². The van der Waals surface area contributed by atoms with E-state index in [4.69, 9.17) is 0 Å². The molecule has 2 heterocycles. The number of nitrogens with zero attached hydrogens (tertiary/aromatic N) is 1.